The van der Waals surface area contributed by atoms with Crippen LogP contribution in [0.4, 0.5) is 0 Å². The number of rotatable bonds is 5. The third-order valence-electron chi connectivity index (χ3n) is 4.14. The van der Waals surface area contributed by atoms with Gasteiger partial charge in [-0.3, -0.25) is 0 Å². The van der Waals surface area contributed by atoms with Gasteiger partial charge in [0.2, 0.25) is 0 Å². The average Bonchev–Trinajstić information content (AvgIpc) is 2.49. The largest absolute Gasteiger partial charge is 0.497 e. The summed E-state index contributed by atoms with van der Waals surface area (Å²) in [5.41, 5.74) is 6.68. The van der Waals surface area contributed by atoms with Gasteiger partial charge in [-0.15, -0.1) is 0 Å². The highest BCUT2D eigenvalue weighted by Gasteiger charge is 2.08. The molecule has 0 aliphatic rings. The molecule has 0 aromatic heterocycles. The van der Waals surface area contributed by atoms with E-state index in [-0.39, 0.29) is 0 Å². The monoisotopic (exact) mass is 283 g/mol. The zero-order valence-electron chi connectivity index (χ0n) is 13.7. The van der Waals surface area contributed by atoms with E-state index in [1.807, 2.05) is 12.1 Å². The van der Waals surface area contributed by atoms with Crippen molar-refractivity contribution in [2.75, 3.05) is 7.11 Å². The van der Waals surface area contributed by atoms with Gasteiger partial charge in [0.15, 0.2) is 0 Å². The van der Waals surface area contributed by atoms with Crippen LogP contribution in [-0.2, 0) is 6.54 Å². The van der Waals surface area contributed by atoms with Crippen molar-refractivity contribution in [3.63, 3.8) is 0 Å². The van der Waals surface area contributed by atoms with Crippen LogP contribution in [0.1, 0.15) is 40.8 Å². The average molecular weight is 283 g/mol. The predicted octanol–water partition coefficient (Wildman–Crippen LogP) is 4.47. The Labute approximate surface area is 128 Å². The quantitative estimate of drug-likeness (QED) is 0.874. The summed E-state index contributed by atoms with van der Waals surface area (Å²) < 4.78 is 5.29. The van der Waals surface area contributed by atoms with Crippen molar-refractivity contribution in [2.24, 2.45) is 0 Å². The molecule has 2 rings (SSSR count). The van der Waals surface area contributed by atoms with Gasteiger partial charge in [-0.2, -0.15) is 0 Å². The fourth-order valence-electron chi connectivity index (χ4n) is 2.50. The molecule has 112 valence electrons. The van der Waals surface area contributed by atoms with Crippen molar-refractivity contribution in [3.8, 4) is 5.75 Å². The van der Waals surface area contributed by atoms with Crippen molar-refractivity contribution < 1.29 is 4.74 Å². The summed E-state index contributed by atoms with van der Waals surface area (Å²) in [5.74, 6) is 0.906. The van der Waals surface area contributed by atoms with Crippen LogP contribution in [0.3, 0.4) is 0 Å². The normalized spacial score (nSPS) is 12.2. The number of methoxy groups -OCH3 is 1. The van der Waals surface area contributed by atoms with Crippen molar-refractivity contribution >= 4 is 0 Å². The molecule has 2 aromatic rings. The second kappa shape index (κ2) is 6.77. The van der Waals surface area contributed by atoms with Crippen LogP contribution in [0.2, 0.25) is 0 Å². The molecule has 21 heavy (non-hydrogen) atoms. The summed E-state index contributed by atoms with van der Waals surface area (Å²) in [6.07, 6.45) is 0. The number of hydrogen-bond donors (Lipinski definition) is 1. The highest BCUT2D eigenvalue weighted by molar-refractivity contribution is 5.36. The summed E-state index contributed by atoms with van der Waals surface area (Å²) in [6.45, 7) is 9.58. The fraction of sp³-hybridized carbons (Fsp3) is 0.368. The molecule has 0 amide bonds. The summed E-state index contributed by atoms with van der Waals surface area (Å²) in [6, 6.07) is 13.1. The van der Waals surface area contributed by atoms with Crippen LogP contribution in [0, 0.1) is 20.8 Å². The van der Waals surface area contributed by atoms with Crippen molar-refractivity contribution in [3.05, 3.63) is 64.2 Å². The van der Waals surface area contributed by atoms with E-state index in [4.69, 9.17) is 4.74 Å². The molecule has 0 heterocycles. The molecule has 1 N–H and O–H groups in total. The van der Waals surface area contributed by atoms with E-state index in [9.17, 15) is 0 Å². The van der Waals surface area contributed by atoms with E-state index in [1.54, 1.807) is 7.11 Å². The fourth-order valence-corrected chi connectivity index (χ4v) is 2.50. The van der Waals surface area contributed by atoms with E-state index in [0.29, 0.717) is 6.04 Å². The van der Waals surface area contributed by atoms with Crippen molar-refractivity contribution in [1.82, 2.24) is 5.32 Å². The number of hydrogen-bond acceptors (Lipinski definition) is 2. The minimum absolute atomic E-state index is 0.293. The van der Waals surface area contributed by atoms with Gasteiger partial charge >= 0.3 is 0 Å². The Hall–Kier alpha value is -1.80. The highest BCUT2D eigenvalue weighted by atomic mass is 16.5. The van der Waals surface area contributed by atoms with Crippen LogP contribution >= 0.6 is 0 Å². The minimum atomic E-state index is 0.293. The number of aryl methyl sites for hydroxylation is 3. The minimum Gasteiger partial charge on any atom is -0.497 e. The second-order valence-electron chi connectivity index (χ2n) is 5.74. The summed E-state index contributed by atoms with van der Waals surface area (Å²) in [4.78, 5) is 0. The van der Waals surface area contributed by atoms with Crippen LogP contribution in [-0.4, -0.2) is 7.11 Å². The van der Waals surface area contributed by atoms with E-state index >= 15 is 0 Å². The van der Waals surface area contributed by atoms with Crippen LogP contribution < -0.4 is 10.1 Å². The van der Waals surface area contributed by atoms with Gasteiger partial charge in [0.25, 0.3) is 0 Å². The van der Waals surface area contributed by atoms with E-state index < -0.39 is 0 Å². The van der Waals surface area contributed by atoms with Gasteiger partial charge in [0.05, 0.1) is 7.11 Å². The zero-order chi connectivity index (χ0) is 15.4. The smallest absolute Gasteiger partial charge is 0.119 e. The Bertz CT molecular complexity index is 619. The summed E-state index contributed by atoms with van der Waals surface area (Å²) in [5, 5.41) is 3.60. The Morgan fingerprint density at radius 1 is 1.00 bits per heavy atom. The molecular weight excluding hydrogens is 258 g/mol. The first-order chi connectivity index (χ1) is 10.0. The number of nitrogens with one attached hydrogen (secondary N) is 1. The molecule has 0 radical (unpaired) electrons. The van der Waals surface area contributed by atoms with Crippen LogP contribution in [0.15, 0.2) is 36.4 Å². The van der Waals surface area contributed by atoms with Crippen molar-refractivity contribution in [1.29, 1.82) is 0 Å². The van der Waals surface area contributed by atoms with E-state index in [0.717, 1.165) is 12.3 Å². The Balaban J connectivity index is 2.07. The number of benzene rings is 2. The first kappa shape index (κ1) is 15.6. The lowest BCUT2D eigenvalue weighted by Crippen LogP contribution is -2.18. The Morgan fingerprint density at radius 3 is 2.43 bits per heavy atom. The molecule has 0 aliphatic carbocycles. The first-order valence-corrected chi connectivity index (χ1v) is 7.45. The molecule has 0 spiro atoms. The van der Waals surface area contributed by atoms with Crippen LogP contribution in [0.25, 0.3) is 0 Å². The topological polar surface area (TPSA) is 21.3 Å². The SMILES string of the molecule is COc1cccc([C@@H](C)NCc2cc(C)c(C)cc2C)c1. The van der Waals surface area contributed by atoms with Crippen molar-refractivity contribution in [2.45, 2.75) is 40.3 Å². The molecule has 2 heteroatoms. The maximum absolute atomic E-state index is 5.29. The van der Waals surface area contributed by atoms with Gasteiger partial charge < -0.3 is 10.1 Å². The van der Waals surface area contributed by atoms with E-state index in [2.05, 4.69) is 57.3 Å². The molecule has 1 atom stereocenters. The molecule has 0 bridgehead atoms. The first-order valence-electron chi connectivity index (χ1n) is 7.45. The third-order valence-corrected chi connectivity index (χ3v) is 4.14. The lowest BCUT2D eigenvalue weighted by atomic mass is 10.0. The summed E-state index contributed by atoms with van der Waals surface area (Å²) >= 11 is 0. The lowest BCUT2D eigenvalue weighted by molar-refractivity contribution is 0.413. The second-order valence-corrected chi connectivity index (χ2v) is 5.74. The van der Waals surface area contributed by atoms with Crippen LogP contribution in [0.5, 0.6) is 5.75 Å². The standard InChI is InChI=1S/C19H25NO/c1-13-9-15(3)18(10-14(13)2)12-20-16(4)17-7-6-8-19(11-17)21-5/h6-11,16,20H,12H2,1-5H3/t16-/m1/s1. The third kappa shape index (κ3) is 3.85. The van der Waals surface area contributed by atoms with Gasteiger partial charge in [0.1, 0.15) is 5.75 Å². The van der Waals surface area contributed by atoms with Gasteiger partial charge in [-0.1, -0.05) is 24.3 Å². The van der Waals surface area contributed by atoms with Gasteiger partial charge in [0, 0.05) is 12.6 Å². The maximum Gasteiger partial charge on any atom is 0.119 e. The van der Waals surface area contributed by atoms with E-state index in [1.165, 1.54) is 27.8 Å². The molecule has 2 nitrogen and oxygen atoms in total. The lowest BCUT2D eigenvalue weighted by Gasteiger charge is -2.17. The molecule has 0 saturated heterocycles. The molecule has 0 saturated carbocycles. The molecule has 0 aliphatic heterocycles. The number of ether oxygens (including phenoxy) is 1. The Kier molecular flexibility index (Phi) is 5.03. The molecule has 0 fully saturated rings. The molecular formula is C19H25NO. The molecule has 0 unspecified atom stereocenters. The Morgan fingerprint density at radius 2 is 1.71 bits per heavy atom. The van der Waals surface area contributed by atoms with Gasteiger partial charge in [-0.05, 0) is 67.6 Å². The summed E-state index contributed by atoms with van der Waals surface area (Å²) in [7, 11) is 1.70. The highest BCUT2D eigenvalue weighted by Crippen LogP contribution is 2.20. The predicted molar refractivity (Wildman–Crippen MR) is 88.9 cm³/mol. The molecule has 2 aromatic carbocycles. The zero-order valence-corrected chi connectivity index (χ0v) is 13.7. The van der Waals surface area contributed by atoms with Gasteiger partial charge in [-0.25, -0.2) is 0 Å². The maximum atomic E-state index is 5.29.